The molecule has 116 valence electrons. The van der Waals surface area contributed by atoms with Crippen LogP contribution in [0.25, 0.3) is 0 Å². The summed E-state index contributed by atoms with van der Waals surface area (Å²) >= 11 is 0. The van der Waals surface area contributed by atoms with Gasteiger partial charge in [-0.2, -0.15) is 0 Å². The van der Waals surface area contributed by atoms with Gasteiger partial charge in [0.1, 0.15) is 0 Å². The Hall–Kier alpha value is -1.66. The van der Waals surface area contributed by atoms with Gasteiger partial charge < -0.3 is 19.1 Å². The van der Waals surface area contributed by atoms with E-state index in [2.05, 4.69) is 0 Å². The average molecular weight is 297 g/mol. The Kier molecular flexibility index (Phi) is 5.52. The van der Waals surface area contributed by atoms with E-state index < -0.39 is 5.82 Å². The van der Waals surface area contributed by atoms with Crippen LogP contribution in [-0.4, -0.2) is 57.4 Å². The van der Waals surface area contributed by atoms with Gasteiger partial charge in [0.15, 0.2) is 11.6 Å². The number of hydrogen-bond donors (Lipinski definition) is 0. The van der Waals surface area contributed by atoms with E-state index in [-0.39, 0.29) is 23.3 Å². The Balaban J connectivity index is 2.09. The quantitative estimate of drug-likeness (QED) is 0.830. The van der Waals surface area contributed by atoms with Crippen LogP contribution >= 0.6 is 0 Å². The minimum Gasteiger partial charge on any atom is -0.494 e. The fraction of sp³-hybridized carbons (Fsp3) is 0.533. The molecule has 0 aliphatic carbocycles. The molecule has 1 heterocycles. The van der Waals surface area contributed by atoms with Gasteiger partial charge in [-0.05, 0) is 18.6 Å². The Labute approximate surface area is 123 Å². The van der Waals surface area contributed by atoms with Gasteiger partial charge in [0, 0.05) is 26.8 Å². The van der Waals surface area contributed by atoms with Gasteiger partial charge in [0.25, 0.3) is 5.91 Å². The fourth-order valence-corrected chi connectivity index (χ4v) is 2.33. The van der Waals surface area contributed by atoms with E-state index >= 15 is 0 Å². The lowest BCUT2D eigenvalue weighted by Gasteiger charge is -2.33. The molecule has 6 heteroatoms. The van der Waals surface area contributed by atoms with Crippen LogP contribution in [0.3, 0.4) is 0 Å². The first-order chi connectivity index (χ1) is 10.2. The lowest BCUT2D eigenvalue weighted by Crippen LogP contribution is -2.46. The largest absolute Gasteiger partial charge is 0.494 e. The van der Waals surface area contributed by atoms with Crippen molar-refractivity contribution in [1.82, 2.24) is 4.90 Å². The summed E-state index contributed by atoms with van der Waals surface area (Å²) in [5, 5.41) is 0. The number of rotatable bonds is 5. The fourth-order valence-electron chi connectivity index (χ4n) is 2.33. The topological polar surface area (TPSA) is 48.0 Å². The summed E-state index contributed by atoms with van der Waals surface area (Å²) in [6, 6.07) is 4.57. The molecular formula is C15H20FNO4. The zero-order chi connectivity index (χ0) is 15.2. The summed E-state index contributed by atoms with van der Waals surface area (Å²) < 4.78 is 29.7. The third-order valence-corrected chi connectivity index (χ3v) is 3.48. The predicted molar refractivity (Wildman–Crippen MR) is 75.1 cm³/mol. The zero-order valence-corrected chi connectivity index (χ0v) is 12.3. The summed E-state index contributed by atoms with van der Waals surface area (Å²) in [5.41, 5.74) is 0.0294. The molecule has 1 aromatic rings. The maximum atomic E-state index is 14.2. The second kappa shape index (κ2) is 7.38. The van der Waals surface area contributed by atoms with Crippen LogP contribution in [0.15, 0.2) is 18.2 Å². The Morgan fingerprint density at radius 3 is 3.00 bits per heavy atom. The van der Waals surface area contributed by atoms with Crippen molar-refractivity contribution < 1.29 is 23.4 Å². The van der Waals surface area contributed by atoms with Crippen LogP contribution in [0, 0.1) is 5.82 Å². The normalized spacial score (nSPS) is 18.6. The summed E-state index contributed by atoms with van der Waals surface area (Å²) in [5.74, 6) is -0.882. The minimum absolute atomic E-state index is 0.0294. The van der Waals surface area contributed by atoms with E-state index in [0.717, 1.165) is 0 Å². The molecule has 0 saturated carbocycles. The summed E-state index contributed by atoms with van der Waals surface area (Å²) in [7, 11) is 3.00. The second-order valence-corrected chi connectivity index (χ2v) is 4.85. The van der Waals surface area contributed by atoms with Crippen LogP contribution in [-0.2, 0) is 9.47 Å². The number of nitrogens with zero attached hydrogens (tertiary/aromatic N) is 1. The molecule has 0 unspecified atom stereocenters. The highest BCUT2D eigenvalue weighted by atomic mass is 19.1. The van der Waals surface area contributed by atoms with Crippen LogP contribution in [0.1, 0.15) is 16.8 Å². The first-order valence-electron chi connectivity index (χ1n) is 6.89. The minimum atomic E-state index is -0.620. The van der Waals surface area contributed by atoms with Crippen molar-refractivity contribution in [2.24, 2.45) is 0 Å². The maximum Gasteiger partial charge on any atom is 0.257 e. The average Bonchev–Trinajstić information content (AvgIpc) is 2.53. The number of carbonyl (C=O) groups is 1. The molecule has 0 N–H and O–H groups in total. The van der Waals surface area contributed by atoms with E-state index in [1.165, 1.54) is 19.2 Å². The first-order valence-corrected chi connectivity index (χ1v) is 6.89. The Bertz CT molecular complexity index is 495. The van der Waals surface area contributed by atoms with Crippen molar-refractivity contribution in [1.29, 1.82) is 0 Å². The van der Waals surface area contributed by atoms with Gasteiger partial charge in [-0.25, -0.2) is 4.39 Å². The number of amides is 1. The van der Waals surface area contributed by atoms with Crippen LogP contribution in [0.4, 0.5) is 4.39 Å². The van der Waals surface area contributed by atoms with Gasteiger partial charge in [0.2, 0.25) is 0 Å². The van der Waals surface area contributed by atoms with Crippen LogP contribution in [0.5, 0.6) is 5.75 Å². The van der Waals surface area contributed by atoms with Crippen molar-refractivity contribution in [2.75, 3.05) is 40.5 Å². The number of hydrogen-bond acceptors (Lipinski definition) is 4. The molecular weight excluding hydrogens is 277 g/mol. The van der Waals surface area contributed by atoms with Crippen molar-refractivity contribution in [2.45, 2.75) is 12.5 Å². The lowest BCUT2D eigenvalue weighted by atomic mass is 10.1. The number of benzene rings is 1. The predicted octanol–water partition coefficient (Wildman–Crippen LogP) is 1.71. The number of halogens is 1. The summed E-state index contributed by atoms with van der Waals surface area (Å²) in [6.07, 6.45) is 0.636. The molecule has 0 bridgehead atoms. The van der Waals surface area contributed by atoms with Gasteiger partial charge in [-0.15, -0.1) is 0 Å². The highest BCUT2D eigenvalue weighted by Crippen LogP contribution is 2.22. The summed E-state index contributed by atoms with van der Waals surface area (Å²) in [6.45, 7) is 1.92. The lowest BCUT2D eigenvalue weighted by molar-refractivity contribution is -0.0334. The van der Waals surface area contributed by atoms with Gasteiger partial charge >= 0.3 is 0 Å². The van der Waals surface area contributed by atoms with Crippen LogP contribution in [0.2, 0.25) is 0 Å². The Morgan fingerprint density at radius 2 is 2.29 bits per heavy atom. The molecule has 5 nitrogen and oxygen atoms in total. The molecule has 0 spiro atoms. The molecule has 1 fully saturated rings. The maximum absolute atomic E-state index is 14.2. The second-order valence-electron chi connectivity index (χ2n) is 4.85. The van der Waals surface area contributed by atoms with Gasteiger partial charge in [-0.3, -0.25) is 4.79 Å². The van der Waals surface area contributed by atoms with Crippen molar-refractivity contribution in [3.63, 3.8) is 0 Å². The third kappa shape index (κ3) is 3.71. The number of ether oxygens (including phenoxy) is 3. The zero-order valence-electron chi connectivity index (χ0n) is 12.3. The first kappa shape index (κ1) is 15.7. The highest BCUT2D eigenvalue weighted by molar-refractivity contribution is 5.95. The molecule has 1 aliphatic heterocycles. The molecule has 1 saturated heterocycles. The highest BCUT2D eigenvalue weighted by Gasteiger charge is 2.27. The molecule has 0 aromatic heterocycles. The van der Waals surface area contributed by atoms with Gasteiger partial charge in [0.05, 0.1) is 25.4 Å². The SMILES string of the molecule is COCC[C@H]1CN(C(=O)c2cccc(OC)c2F)CCO1. The summed E-state index contributed by atoms with van der Waals surface area (Å²) in [4.78, 5) is 14.1. The van der Waals surface area contributed by atoms with E-state index in [4.69, 9.17) is 14.2 Å². The van der Waals surface area contributed by atoms with E-state index in [1.807, 2.05) is 0 Å². The van der Waals surface area contributed by atoms with Crippen molar-refractivity contribution >= 4 is 5.91 Å². The van der Waals surface area contributed by atoms with E-state index in [1.54, 1.807) is 18.1 Å². The van der Waals surface area contributed by atoms with Crippen molar-refractivity contribution in [3.8, 4) is 5.75 Å². The van der Waals surface area contributed by atoms with Crippen LogP contribution < -0.4 is 4.74 Å². The molecule has 1 amide bonds. The van der Waals surface area contributed by atoms with E-state index in [0.29, 0.717) is 32.7 Å². The van der Waals surface area contributed by atoms with Gasteiger partial charge in [-0.1, -0.05) is 6.07 Å². The number of morpholine rings is 1. The third-order valence-electron chi connectivity index (χ3n) is 3.48. The molecule has 2 rings (SSSR count). The molecule has 0 radical (unpaired) electrons. The molecule has 21 heavy (non-hydrogen) atoms. The number of carbonyl (C=O) groups excluding carboxylic acids is 1. The molecule has 1 aliphatic rings. The number of methoxy groups -OCH3 is 2. The van der Waals surface area contributed by atoms with E-state index in [9.17, 15) is 9.18 Å². The molecule has 1 atom stereocenters. The smallest absolute Gasteiger partial charge is 0.257 e. The van der Waals surface area contributed by atoms with Crippen molar-refractivity contribution in [3.05, 3.63) is 29.6 Å². The Morgan fingerprint density at radius 1 is 1.48 bits per heavy atom. The monoisotopic (exact) mass is 297 g/mol. The molecule has 1 aromatic carbocycles. The standard InChI is InChI=1S/C15H20FNO4/c1-19-8-6-11-10-17(7-9-21-11)15(18)12-4-3-5-13(20-2)14(12)16/h3-5,11H,6-10H2,1-2H3/t11-/m0/s1.